The molecule has 1 amide bonds. The molecule has 0 aliphatic heterocycles. The Hall–Kier alpha value is -2.01. The first-order chi connectivity index (χ1) is 11.0. The number of benzene rings is 2. The molecule has 0 aliphatic rings. The molecular formula is C18H17BrFNO2. The van der Waals surface area contributed by atoms with Gasteiger partial charge in [0.25, 0.3) is 0 Å². The van der Waals surface area contributed by atoms with Crippen molar-refractivity contribution < 1.29 is 14.0 Å². The Labute approximate surface area is 143 Å². The molecule has 0 saturated heterocycles. The Balaban J connectivity index is 1.69. The van der Waals surface area contributed by atoms with Crippen LogP contribution in [0.5, 0.6) is 0 Å². The average molecular weight is 378 g/mol. The van der Waals surface area contributed by atoms with Crippen molar-refractivity contribution in [2.75, 3.05) is 6.54 Å². The summed E-state index contributed by atoms with van der Waals surface area (Å²) in [6, 6.07) is 13.3. The predicted molar refractivity (Wildman–Crippen MR) is 90.8 cm³/mol. The molecule has 0 fully saturated rings. The summed E-state index contributed by atoms with van der Waals surface area (Å²) in [7, 11) is 0. The second kappa shape index (κ2) is 8.58. The van der Waals surface area contributed by atoms with Crippen molar-refractivity contribution in [3.8, 4) is 0 Å². The maximum atomic E-state index is 12.8. The van der Waals surface area contributed by atoms with Crippen LogP contribution in [0.1, 0.15) is 28.8 Å². The standard InChI is InChI=1S/C18H17BrFNO2/c19-15-5-3-14(4-6-15)17(22)9-10-18(23)21-12-11-13-1-7-16(20)8-2-13/h1-8H,9-12H2,(H,21,23). The lowest BCUT2D eigenvalue weighted by molar-refractivity contribution is -0.121. The SMILES string of the molecule is O=C(CCC(=O)c1ccc(Br)cc1)NCCc1ccc(F)cc1. The lowest BCUT2D eigenvalue weighted by atomic mass is 10.1. The van der Waals surface area contributed by atoms with Gasteiger partial charge < -0.3 is 5.32 Å². The van der Waals surface area contributed by atoms with E-state index in [1.54, 1.807) is 36.4 Å². The number of hydrogen-bond acceptors (Lipinski definition) is 2. The molecule has 23 heavy (non-hydrogen) atoms. The van der Waals surface area contributed by atoms with Crippen molar-refractivity contribution in [1.29, 1.82) is 0 Å². The molecule has 2 aromatic rings. The van der Waals surface area contributed by atoms with Crippen molar-refractivity contribution in [2.45, 2.75) is 19.3 Å². The van der Waals surface area contributed by atoms with Gasteiger partial charge >= 0.3 is 0 Å². The summed E-state index contributed by atoms with van der Waals surface area (Å²) in [6.45, 7) is 0.469. The van der Waals surface area contributed by atoms with Gasteiger partial charge in [0.2, 0.25) is 5.91 Å². The van der Waals surface area contributed by atoms with E-state index < -0.39 is 0 Å². The van der Waals surface area contributed by atoms with Crippen molar-refractivity contribution in [1.82, 2.24) is 5.32 Å². The van der Waals surface area contributed by atoms with Gasteiger partial charge in [-0.2, -0.15) is 0 Å². The van der Waals surface area contributed by atoms with Crippen LogP contribution in [0.4, 0.5) is 4.39 Å². The summed E-state index contributed by atoms with van der Waals surface area (Å²) in [5.41, 5.74) is 1.56. The first-order valence-electron chi connectivity index (χ1n) is 7.34. The van der Waals surface area contributed by atoms with E-state index in [1.807, 2.05) is 0 Å². The predicted octanol–water partition coefficient (Wildman–Crippen LogP) is 3.91. The van der Waals surface area contributed by atoms with Crippen LogP contribution in [-0.4, -0.2) is 18.2 Å². The molecule has 0 bridgehead atoms. The van der Waals surface area contributed by atoms with Crippen molar-refractivity contribution in [2.24, 2.45) is 0 Å². The number of Topliss-reactive ketones (excluding diaryl/α,β-unsaturated/α-hetero) is 1. The first-order valence-corrected chi connectivity index (χ1v) is 8.14. The van der Waals surface area contributed by atoms with E-state index in [1.165, 1.54) is 12.1 Å². The molecular weight excluding hydrogens is 361 g/mol. The molecule has 0 aliphatic carbocycles. The largest absolute Gasteiger partial charge is 0.356 e. The molecule has 0 aromatic heterocycles. The fourth-order valence-electron chi connectivity index (χ4n) is 2.09. The minimum absolute atomic E-state index is 0.0498. The van der Waals surface area contributed by atoms with E-state index in [0.717, 1.165) is 10.0 Å². The van der Waals surface area contributed by atoms with Crippen LogP contribution in [0.2, 0.25) is 0 Å². The highest BCUT2D eigenvalue weighted by Crippen LogP contribution is 2.12. The fraction of sp³-hybridized carbons (Fsp3) is 0.222. The summed E-state index contributed by atoms with van der Waals surface area (Å²) in [4.78, 5) is 23.7. The summed E-state index contributed by atoms with van der Waals surface area (Å²) < 4.78 is 13.7. The lowest BCUT2D eigenvalue weighted by Gasteiger charge is -2.05. The lowest BCUT2D eigenvalue weighted by Crippen LogP contribution is -2.26. The Morgan fingerprint density at radius 1 is 0.957 bits per heavy atom. The van der Waals surface area contributed by atoms with Crippen molar-refractivity contribution >= 4 is 27.6 Å². The molecule has 2 aromatic carbocycles. The number of halogens is 2. The third-order valence-electron chi connectivity index (χ3n) is 3.39. The summed E-state index contributed by atoms with van der Waals surface area (Å²) in [5.74, 6) is -0.479. The van der Waals surface area contributed by atoms with E-state index in [0.29, 0.717) is 18.5 Å². The molecule has 0 radical (unpaired) electrons. The smallest absolute Gasteiger partial charge is 0.220 e. The average Bonchev–Trinajstić information content (AvgIpc) is 2.55. The Morgan fingerprint density at radius 2 is 1.61 bits per heavy atom. The van der Waals surface area contributed by atoms with Gasteiger partial charge in [-0.25, -0.2) is 4.39 Å². The Morgan fingerprint density at radius 3 is 2.26 bits per heavy atom. The fourth-order valence-corrected chi connectivity index (χ4v) is 2.36. The number of hydrogen-bond donors (Lipinski definition) is 1. The minimum Gasteiger partial charge on any atom is -0.356 e. The van der Waals surface area contributed by atoms with Gasteiger partial charge in [0.15, 0.2) is 5.78 Å². The highest BCUT2D eigenvalue weighted by Gasteiger charge is 2.09. The Kier molecular flexibility index (Phi) is 6.47. The molecule has 2 rings (SSSR count). The van der Waals surface area contributed by atoms with Gasteiger partial charge in [0.05, 0.1) is 0 Å². The van der Waals surface area contributed by atoms with E-state index in [9.17, 15) is 14.0 Å². The van der Waals surface area contributed by atoms with E-state index >= 15 is 0 Å². The number of amides is 1. The van der Waals surface area contributed by atoms with Gasteiger partial charge in [-0.1, -0.05) is 40.2 Å². The molecule has 0 atom stereocenters. The van der Waals surface area contributed by atoms with Gasteiger partial charge in [-0.3, -0.25) is 9.59 Å². The minimum atomic E-state index is -0.274. The third-order valence-corrected chi connectivity index (χ3v) is 3.92. The van der Waals surface area contributed by atoms with E-state index in [4.69, 9.17) is 0 Å². The van der Waals surface area contributed by atoms with Crippen LogP contribution < -0.4 is 5.32 Å². The van der Waals surface area contributed by atoms with Crippen LogP contribution in [-0.2, 0) is 11.2 Å². The zero-order valence-electron chi connectivity index (χ0n) is 12.5. The molecule has 0 saturated carbocycles. The zero-order chi connectivity index (χ0) is 16.7. The van der Waals surface area contributed by atoms with Crippen LogP contribution in [0.25, 0.3) is 0 Å². The number of carbonyl (C=O) groups excluding carboxylic acids is 2. The summed E-state index contributed by atoms with van der Waals surface area (Å²) >= 11 is 3.31. The molecule has 3 nitrogen and oxygen atoms in total. The second-order valence-corrected chi connectivity index (χ2v) is 6.07. The van der Waals surface area contributed by atoms with Crippen LogP contribution >= 0.6 is 15.9 Å². The monoisotopic (exact) mass is 377 g/mol. The van der Waals surface area contributed by atoms with Gasteiger partial charge in [0.1, 0.15) is 5.82 Å². The van der Waals surface area contributed by atoms with Crippen LogP contribution in [0.15, 0.2) is 53.0 Å². The number of nitrogens with one attached hydrogen (secondary N) is 1. The van der Waals surface area contributed by atoms with Gasteiger partial charge in [-0.05, 0) is 36.2 Å². The zero-order valence-corrected chi connectivity index (χ0v) is 14.1. The maximum absolute atomic E-state index is 12.8. The van der Waals surface area contributed by atoms with Crippen molar-refractivity contribution in [3.05, 3.63) is 69.9 Å². The molecule has 0 unspecified atom stereocenters. The summed E-state index contributed by atoms with van der Waals surface area (Å²) in [6.07, 6.45) is 0.981. The van der Waals surface area contributed by atoms with Crippen LogP contribution in [0, 0.1) is 5.82 Å². The van der Waals surface area contributed by atoms with E-state index in [2.05, 4.69) is 21.2 Å². The van der Waals surface area contributed by atoms with E-state index in [-0.39, 0.29) is 30.3 Å². The second-order valence-electron chi connectivity index (χ2n) is 5.16. The number of carbonyl (C=O) groups is 2. The molecule has 0 spiro atoms. The van der Waals surface area contributed by atoms with Crippen LogP contribution in [0.3, 0.4) is 0 Å². The highest BCUT2D eigenvalue weighted by molar-refractivity contribution is 9.10. The number of ketones is 1. The molecule has 0 heterocycles. The number of rotatable bonds is 7. The topological polar surface area (TPSA) is 46.2 Å². The molecule has 5 heteroatoms. The first kappa shape index (κ1) is 17.3. The molecule has 120 valence electrons. The highest BCUT2D eigenvalue weighted by atomic mass is 79.9. The normalized spacial score (nSPS) is 10.3. The summed E-state index contributed by atoms with van der Waals surface area (Å²) in [5, 5.41) is 2.77. The van der Waals surface area contributed by atoms with Gasteiger partial charge in [-0.15, -0.1) is 0 Å². The maximum Gasteiger partial charge on any atom is 0.220 e. The quantitative estimate of drug-likeness (QED) is 0.743. The van der Waals surface area contributed by atoms with Gasteiger partial charge in [0, 0.05) is 29.4 Å². The molecule has 1 N–H and O–H groups in total. The third kappa shape index (κ3) is 5.94. The van der Waals surface area contributed by atoms with Crippen molar-refractivity contribution in [3.63, 3.8) is 0 Å². The Bertz CT molecular complexity index is 668.